The lowest BCUT2D eigenvalue weighted by Crippen LogP contribution is -2.41. The molecule has 0 unspecified atom stereocenters. The molecule has 2 amide bonds. The zero-order chi connectivity index (χ0) is 20.8. The zero-order valence-electron chi connectivity index (χ0n) is 17.3. The van der Waals surface area contributed by atoms with Gasteiger partial charge in [0.15, 0.2) is 11.9 Å². The molecule has 28 heavy (non-hydrogen) atoms. The Morgan fingerprint density at radius 2 is 1.43 bits per heavy atom. The van der Waals surface area contributed by atoms with E-state index in [0.717, 1.165) is 51.4 Å². The predicted molar refractivity (Wildman–Crippen MR) is 105 cm³/mol. The first-order valence-electron chi connectivity index (χ1n) is 10.4. The topological polar surface area (TPSA) is 114 Å². The Morgan fingerprint density at radius 1 is 0.893 bits per heavy atom. The van der Waals surface area contributed by atoms with Gasteiger partial charge in [0.2, 0.25) is 5.91 Å². The Hall–Kier alpha value is -1.67. The number of rotatable bonds is 15. The third-order valence-electron chi connectivity index (χ3n) is 4.59. The second-order valence-corrected chi connectivity index (χ2v) is 7.68. The third-order valence-corrected chi connectivity index (χ3v) is 4.59. The lowest BCUT2D eigenvalue weighted by atomic mass is 10.1. The van der Waals surface area contributed by atoms with Crippen molar-refractivity contribution in [2.75, 3.05) is 19.7 Å². The highest BCUT2D eigenvalue weighted by Crippen LogP contribution is 2.22. The molecule has 8 heteroatoms. The lowest BCUT2D eigenvalue weighted by Gasteiger charge is -2.16. The normalized spacial score (nSPS) is 18.0. The van der Waals surface area contributed by atoms with Gasteiger partial charge in [-0.25, -0.2) is 0 Å². The van der Waals surface area contributed by atoms with Crippen LogP contribution in [0.4, 0.5) is 0 Å². The van der Waals surface area contributed by atoms with Crippen LogP contribution in [0.3, 0.4) is 0 Å². The number of carboxylic acids is 1. The van der Waals surface area contributed by atoms with Crippen molar-refractivity contribution < 1.29 is 29.0 Å². The summed E-state index contributed by atoms with van der Waals surface area (Å²) >= 11 is 0. The van der Waals surface area contributed by atoms with E-state index in [0.29, 0.717) is 19.5 Å². The first-order chi connectivity index (χ1) is 13.3. The Labute approximate surface area is 167 Å². The average molecular weight is 401 g/mol. The highest BCUT2D eigenvalue weighted by atomic mass is 16.7. The monoisotopic (exact) mass is 400 g/mol. The van der Waals surface area contributed by atoms with Crippen molar-refractivity contribution >= 4 is 17.8 Å². The minimum atomic E-state index is -0.726. The van der Waals surface area contributed by atoms with E-state index in [1.165, 1.54) is 0 Å². The summed E-state index contributed by atoms with van der Waals surface area (Å²) in [6, 6.07) is 0. The molecule has 0 radical (unpaired) electrons. The Bertz CT molecular complexity index is 495. The number of hydrogen-bond donors (Lipinski definition) is 3. The molecule has 0 bridgehead atoms. The molecule has 0 saturated carbocycles. The summed E-state index contributed by atoms with van der Waals surface area (Å²) in [5.74, 6) is -1.66. The van der Waals surface area contributed by atoms with E-state index in [9.17, 15) is 14.4 Å². The van der Waals surface area contributed by atoms with Gasteiger partial charge in [0.05, 0.1) is 6.61 Å². The molecule has 1 fully saturated rings. The number of ether oxygens (including phenoxy) is 2. The smallest absolute Gasteiger partial charge is 0.303 e. The first-order valence-corrected chi connectivity index (χ1v) is 10.4. The quantitative estimate of drug-likeness (QED) is 0.364. The summed E-state index contributed by atoms with van der Waals surface area (Å²) in [6.45, 7) is 4.55. The average Bonchev–Trinajstić information content (AvgIpc) is 3.00. The molecule has 1 rings (SSSR count). The molecule has 8 nitrogen and oxygen atoms in total. The molecule has 0 aromatic rings. The maximum Gasteiger partial charge on any atom is 0.303 e. The van der Waals surface area contributed by atoms with Crippen molar-refractivity contribution in [2.45, 2.75) is 89.9 Å². The van der Waals surface area contributed by atoms with Gasteiger partial charge in [0, 0.05) is 25.9 Å². The van der Waals surface area contributed by atoms with Gasteiger partial charge < -0.3 is 25.2 Å². The number of nitrogens with one attached hydrogen (secondary N) is 2. The lowest BCUT2D eigenvalue weighted by molar-refractivity contribution is -0.153. The molecule has 1 aliphatic heterocycles. The highest BCUT2D eigenvalue weighted by Gasteiger charge is 2.36. The molecule has 1 heterocycles. The van der Waals surface area contributed by atoms with Gasteiger partial charge in [0.25, 0.3) is 5.91 Å². The summed E-state index contributed by atoms with van der Waals surface area (Å²) in [7, 11) is 0. The van der Waals surface area contributed by atoms with Crippen LogP contribution in [0.2, 0.25) is 0 Å². The Morgan fingerprint density at radius 3 is 1.96 bits per heavy atom. The fourth-order valence-electron chi connectivity index (χ4n) is 3.03. The SMILES string of the molecule is CC1(C)OC[C@@H](C(=O)NCCNC(=O)CCCCCCCCCCC(=O)O)O1. The molecule has 0 aromatic heterocycles. The van der Waals surface area contributed by atoms with Gasteiger partial charge in [0.1, 0.15) is 0 Å². The van der Waals surface area contributed by atoms with Crippen molar-refractivity contribution in [1.29, 1.82) is 0 Å². The molecule has 1 aliphatic rings. The summed E-state index contributed by atoms with van der Waals surface area (Å²) < 4.78 is 10.8. The van der Waals surface area contributed by atoms with E-state index in [1.807, 2.05) is 0 Å². The van der Waals surface area contributed by atoms with Crippen molar-refractivity contribution in [3.05, 3.63) is 0 Å². The van der Waals surface area contributed by atoms with Crippen molar-refractivity contribution in [3.8, 4) is 0 Å². The van der Waals surface area contributed by atoms with Gasteiger partial charge in [-0.15, -0.1) is 0 Å². The van der Waals surface area contributed by atoms with E-state index in [2.05, 4.69) is 10.6 Å². The molecular formula is C20H36N2O6. The largest absolute Gasteiger partial charge is 0.481 e. The van der Waals surface area contributed by atoms with Gasteiger partial charge in [-0.3, -0.25) is 14.4 Å². The number of hydrogen-bond acceptors (Lipinski definition) is 5. The standard InChI is InChI=1S/C20H36N2O6/c1-20(2)27-15-16(28-20)19(26)22-14-13-21-17(23)11-9-7-5-3-4-6-8-10-12-18(24)25/h16H,3-15H2,1-2H3,(H,21,23)(H,22,26)(H,24,25)/t16-/m0/s1. The van der Waals surface area contributed by atoms with E-state index in [4.69, 9.17) is 14.6 Å². The van der Waals surface area contributed by atoms with Gasteiger partial charge >= 0.3 is 5.97 Å². The van der Waals surface area contributed by atoms with Crippen LogP contribution in [0.1, 0.15) is 78.1 Å². The second-order valence-electron chi connectivity index (χ2n) is 7.68. The van der Waals surface area contributed by atoms with E-state index < -0.39 is 17.9 Å². The van der Waals surface area contributed by atoms with Crippen molar-refractivity contribution in [3.63, 3.8) is 0 Å². The minimum absolute atomic E-state index is 0.00417. The van der Waals surface area contributed by atoms with Gasteiger partial charge in [-0.1, -0.05) is 38.5 Å². The number of carbonyl (C=O) groups is 3. The van der Waals surface area contributed by atoms with Gasteiger partial charge in [-0.2, -0.15) is 0 Å². The zero-order valence-corrected chi connectivity index (χ0v) is 17.3. The van der Waals surface area contributed by atoms with E-state index in [-0.39, 0.29) is 24.8 Å². The molecule has 1 saturated heterocycles. The van der Waals surface area contributed by atoms with Crippen LogP contribution in [0.15, 0.2) is 0 Å². The number of carboxylic acid groups (broad SMARTS) is 1. The maximum absolute atomic E-state index is 11.9. The van der Waals surface area contributed by atoms with Crippen LogP contribution in [0, 0.1) is 0 Å². The third kappa shape index (κ3) is 11.9. The molecule has 3 N–H and O–H groups in total. The van der Waals surface area contributed by atoms with Crippen LogP contribution >= 0.6 is 0 Å². The van der Waals surface area contributed by atoms with Crippen LogP contribution in [0.5, 0.6) is 0 Å². The number of unbranched alkanes of at least 4 members (excludes halogenated alkanes) is 7. The molecule has 0 spiro atoms. The van der Waals surface area contributed by atoms with Crippen LogP contribution < -0.4 is 10.6 Å². The van der Waals surface area contributed by atoms with E-state index in [1.54, 1.807) is 13.8 Å². The van der Waals surface area contributed by atoms with Crippen LogP contribution in [-0.4, -0.2) is 54.5 Å². The molecular weight excluding hydrogens is 364 g/mol. The molecule has 1 atom stereocenters. The minimum Gasteiger partial charge on any atom is -0.481 e. The molecule has 162 valence electrons. The maximum atomic E-state index is 11.9. The second kappa shape index (κ2) is 13.5. The fourth-order valence-corrected chi connectivity index (χ4v) is 3.03. The predicted octanol–water partition coefficient (Wildman–Crippen LogP) is 2.36. The van der Waals surface area contributed by atoms with Crippen LogP contribution in [-0.2, 0) is 23.9 Å². The summed E-state index contributed by atoms with van der Waals surface area (Å²) in [5.41, 5.74) is 0. The number of amides is 2. The van der Waals surface area contributed by atoms with Crippen molar-refractivity contribution in [1.82, 2.24) is 10.6 Å². The molecule has 0 aromatic carbocycles. The number of carbonyl (C=O) groups excluding carboxylic acids is 2. The van der Waals surface area contributed by atoms with E-state index >= 15 is 0 Å². The van der Waals surface area contributed by atoms with Gasteiger partial charge in [-0.05, 0) is 26.7 Å². The Balaban J connectivity index is 1.88. The summed E-state index contributed by atoms with van der Waals surface area (Å²) in [6.07, 6.45) is 8.22. The fraction of sp³-hybridized carbons (Fsp3) is 0.850. The Kier molecular flexibility index (Phi) is 11.7. The van der Waals surface area contributed by atoms with Crippen LogP contribution in [0.25, 0.3) is 0 Å². The first kappa shape index (κ1) is 24.4. The molecule has 0 aliphatic carbocycles. The summed E-state index contributed by atoms with van der Waals surface area (Å²) in [4.78, 5) is 34.1. The summed E-state index contributed by atoms with van der Waals surface area (Å²) in [5, 5.41) is 14.1. The van der Waals surface area contributed by atoms with Crippen molar-refractivity contribution in [2.24, 2.45) is 0 Å². The number of aliphatic carboxylic acids is 1. The highest BCUT2D eigenvalue weighted by molar-refractivity contribution is 5.81.